The van der Waals surface area contributed by atoms with Crippen molar-refractivity contribution < 1.29 is 0 Å². The van der Waals surface area contributed by atoms with Crippen LogP contribution in [0.2, 0.25) is 0 Å². The van der Waals surface area contributed by atoms with E-state index in [4.69, 9.17) is 0 Å². The largest absolute Gasteiger partial charge is 0.295 e. The first kappa shape index (κ1) is 12.3. The van der Waals surface area contributed by atoms with Crippen LogP contribution in [-0.4, -0.2) is 35.0 Å². The van der Waals surface area contributed by atoms with E-state index in [1.54, 1.807) is 0 Å². The third-order valence-corrected chi connectivity index (χ3v) is 5.18. The Morgan fingerprint density at radius 2 is 2.06 bits per heavy atom. The summed E-state index contributed by atoms with van der Waals surface area (Å²) in [7, 11) is 0. The molecule has 1 saturated heterocycles. The normalized spacial score (nSPS) is 37.6. The molecule has 2 aliphatic rings. The molecule has 3 unspecified atom stereocenters. The third-order valence-electron chi connectivity index (χ3n) is 3.99. The van der Waals surface area contributed by atoms with E-state index in [9.17, 15) is 5.26 Å². The molecule has 0 bridgehead atoms. The number of hydrogen-bond acceptors (Lipinski definition) is 3. The van der Waals surface area contributed by atoms with Gasteiger partial charge in [-0.3, -0.25) is 4.90 Å². The van der Waals surface area contributed by atoms with E-state index in [0.717, 1.165) is 6.42 Å². The van der Waals surface area contributed by atoms with Crippen molar-refractivity contribution >= 4 is 11.8 Å². The molecule has 2 fully saturated rings. The zero-order valence-electron chi connectivity index (χ0n) is 10.2. The molecule has 0 aromatic rings. The SMILES string of the molecule is CC1CSCCN1C1CCCCCC1C#N. The molecule has 1 aliphatic carbocycles. The summed E-state index contributed by atoms with van der Waals surface area (Å²) in [6.07, 6.45) is 6.27. The van der Waals surface area contributed by atoms with E-state index in [2.05, 4.69) is 29.7 Å². The lowest BCUT2D eigenvalue weighted by Gasteiger charge is -2.40. The maximum absolute atomic E-state index is 9.32. The molecule has 1 saturated carbocycles. The maximum Gasteiger partial charge on any atom is 0.0672 e. The summed E-state index contributed by atoms with van der Waals surface area (Å²) in [5.74, 6) is 2.78. The molecule has 1 aliphatic heterocycles. The van der Waals surface area contributed by atoms with Crippen LogP contribution in [0.25, 0.3) is 0 Å². The van der Waals surface area contributed by atoms with Gasteiger partial charge < -0.3 is 0 Å². The summed E-state index contributed by atoms with van der Waals surface area (Å²) in [4.78, 5) is 2.62. The van der Waals surface area contributed by atoms with E-state index in [0.29, 0.717) is 12.1 Å². The predicted octanol–water partition coefficient (Wildman–Crippen LogP) is 2.90. The second-order valence-electron chi connectivity index (χ2n) is 5.10. The Labute approximate surface area is 103 Å². The summed E-state index contributed by atoms with van der Waals surface area (Å²) in [5.41, 5.74) is 0. The highest BCUT2D eigenvalue weighted by molar-refractivity contribution is 7.99. The zero-order chi connectivity index (χ0) is 11.4. The molecule has 2 rings (SSSR count). The molecule has 1 heterocycles. The van der Waals surface area contributed by atoms with Crippen LogP contribution in [0.1, 0.15) is 39.0 Å². The van der Waals surface area contributed by atoms with Crippen LogP contribution in [0, 0.1) is 17.2 Å². The lowest BCUT2D eigenvalue weighted by molar-refractivity contribution is 0.124. The summed E-state index contributed by atoms with van der Waals surface area (Å²) in [5, 5.41) is 9.32. The first-order valence-corrected chi connectivity index (χ1v) is 7.71. The van der Waals surface area contributed by atoms with Crippen LogP contribution in [0.15, 0.2) is 0 Å². The van der Waals surface area contributed by atoms with Gasteiger partial charge in [0.15, 0.2) is 0 Å². The predicted molar refractivity (Wildman–Crippen MR) is 69.5 cm³/mol. The zero-order valence-corrected chi connectivity index (χ0v) is 11.0. The molecule has 0 aromatic carbocycles. The Morgan fingerprint density at radius 3 is 2.81 bits per heavy atom. The lowest BCUT2D eigenvalue weighted by Crippen LogP contribution is -2.49. The van der Waals surface area contributed by atoms with Gasteiger partial charge in [-0.05, 0) is 19.8 Å². The minimum Gasteiger partial charge on any atom is -0.295 e. The van der Waals surface area contributed by atoms with Crippen LogP contribution in [-0.2, 0) is 0 Å². The second kappa shape index (κ2) is 5.93. The van der Waals surface area contributed by atoms with Gasteiger partial charge in [-0.2, -0.15) is 17.0 Å². The van der Waals surface area contributed by atoms with E-state index in [-0.39, 0.29) is 5.92 Å². The van der Waals surface area contributed by atoms with Gasteiger partial charge in [-0.25, -0.2) is 0 Å². The average Bonchev–Trinajstić information content (AvgIpc) is 2.54. The van der Waals surface area contributed by atoms with Gasteiger partial charge in [-0.1, -0.05) is 19.3 Å². The fourth-order valence-electron chi connectivity index (χ4n) is 3.07. The molecular formula is C13H22N2S. The van der Waals surface area contributed by atoms with Gasteiger partial charge >= 0.3 is 0 Å². The van der Waals surface area contributed by atoms with Gasteiger partial charge in [0, 0.05) is 30.1 Å². The average molecular weight is 238 g/mol. The van der Waals surface area contributed by atoms with Crippen LogP contribution in [0.5, 0.6) is 0 Å². The highest BCUT2D eigenvalue weighted by atomic mass is 32.2. The second-order valence-corrected chi connectivity index (χ2v) is 6.25. The van der Waals surface area contributed by atoms with Crippen LogP contribution in [0.3, 0.4) is 0 Å². The molecule has 3 heteroatoms. The quantitative estimate of drug-likeness (QED) is 0.657. The van der Waals surface area contributed by atoms with Crippen molar-refractivity contribution in [2.75, 3.05) is 18.1 Å². The van der Waals surface area contributed by atoms with Crippen molar-refractivity contribution in [1.29, 1.82) is 5.26 Å². The van der Waals surface area contributed by atoms with E-state index >= 15 is 0 Å². The number of hydrogen-bond donors (Lipinski definition) is 0. The smallest absolute Gasteiger partial charge is 0.0672 e. The van der Waals surface area contributed by atoms with Crippen LogP contribution >= 0.6 is 11.8 Å². The summed E-state index contributed by atoms with van der Waals surface area (Å²) in [6.45, 7) is 3.51. The Morgan fingerprint density at radius 1 is 1.25 bits per heavy atom. The van der Waals surface area contributed by atoms with Crippen molar-refractivity contribution in [2.45, 2.75) is 51.1 Å². The van der Waals surface area contributed by atoms with Gasteiger partial charge in [0.25, 0.3) is 0 Å². The van der Waals surface area contributed by atoms with Crippen molar-refractivity contribution in [1.82, 2.24) is 4.90 Å². The summed E-state index contributed by atoms with van der Waals surface area (Å²) < 4.78 is 0. The molecule has 0 amide bonds. The van der Waals surface area contributed by atoms with E-state index in [1.807, 2.05) is 0 Å². The van der Waals surface area contributed by atoms with E-state index < -0.39 is 0 Å². The Bertz CT molecular complexity index is 261. The molecule has 90 valence electrons. The fraction of sp³-hybridized carbons (Fsp3) is 0.923. The number of nitriles is 1. The molecule has 16 heavy (non-hydrogen) atoms. The molecule has 0 spiro atoms. The molecule has 0 aromatic heterocycles. The van der Waals surface area contributed by atoms with Gasteiger partial charge in [0.05, 0.1) is 12.0 Å². The summed E-state index contributed by atoms with van der Waals surface area (Å²) >= 11 is 2.06. The molecule has 0 N–H and O–H groups in total. The minimum atomic E-state index is 0.285. The Balaban J connectivity index is 2.06. The maximum atomic E-state index is 9.32. The van der Waals surface area contributed by atoms with Gasteiger partial charge in [-0.15, -0.1) is 0 Å². The summed E-state index contributed by atoms with van der Waals surface area (Å²) in [6, 6.07) is 3.77. The standard InChI is InChI=1S/C13H22N2S/c1-11-10-16-8-7-15(11)13-6-4-2-3-5-12(13)9-14/h11-13H,2-8,10H2,1H3. The van der Waals surface area contributed by atoms with Crippen molar-refractivity contribution in [3.8, 4) is 6.07 Å². The number of nitrogens with zero attached hydrogens (tertiary/aromatic N) is 2. The first-order chi connectivity index (χ1) is 7.83. The number of rotatable bonds is 1. The van der Waals surface area contributed by atoms with Crippen molar-refractivity contribution in [3.05, 3.63) is 0 Å². The fourth-order valence-corrected chi connectivity index (χ4v) is 4.11. The molecule has 3 atom stereocenters. The van der Waals surface area contributed by atoms with Crippen LogP contribution < -0.4 is 0 Å². The van der Waals surface area contributed by atoms with E-state index in [1.165, 1.54) is 43.7 Å². The molecular weight excluding hydrogens is 216 g/mol. The molecule has 0 radical (unpaired) electrons. The minimum absolute atomic E-state index is 0.285. The van der Waals surface area contributed by atoms with Crippen LogP contribution in [0.4, 0.5) is 0 Å². The topological polar surface area (TPSA) is 27.0 Å². The van der Waals surface area contributed by atoms with Crippen molar-refractivity contribution in [3.63, 3.8) is 0 Å². The van der Waals surface area contributed by atoms with Gasteiger partial charge in [0.2, 0.25) is 0 Å². The number of thioether (sulfide) groups is 1. The molecule has 2 nitrogen and oxygen atoms in total. The highest BCUT2D eigenvalue weighted by Crippen LogP contribution is 2.30. The Kier molecular flexibility index (Phi) is 4.55. The monoisotopic (exact) mass is 238 g/mol. The third kappa shape index (κ3) is 2.73. The van der Waals surface area contributed by atoms with Crippen molar-refractivity contribution in [2.24, 2.45) is 5.92 Å². The lowest BCUT2D eigenvalue weighted by atomic mass is 9.94. The highest BCUT2D eigenvalue weighted by Gasteiger charge is 2.32. The first-order valence-electron chi connectivity index (χ1n) is 6.56. The Hall–Kier alpha value is -0.200. The van der Waals surface area contributed by atoms with Gasteiger partial charge in [0.1, 0.15) is 0 Å².